The maximum Gasteiger partial charge on any atom is 0.387 e. The Morgan fingerprint density at radius 1 is 1.15 bits per heavy atom. The maximum atomic E-state index is 12.7. The zero-order valence-corrected chi connectivity index (χ0v) is 18.3. The second kappa shape index (κ2) is 8.96. The summed E-state index contributed by atoms with van der Waals surface area (Å²) in [7, 11) is 1.86. The molecule has 0 aliphatic carbocycles. The van der Waals surface area contributed by atoms with E-state index in [0.717, 1.165) is 28.1 Å². The number of nitrogens with zero attached hydrogens (tertiary/aromatic N) is 6. The Kier molecular flexibility index (Phi) is 5.70. The van der Waals surface area contributed by atoms with Gasteiger partial charge >= 0.3 is 12.6 Å². The first-order chi connectivity index (χ1) is 16.5. The highest BCUT2D eigenvalue weighted by Gasteiger charge is 2.24. The van der Waals surface area contributed by atoms with E-state index in [1.807, 2.05) is 19.3 Å². The molecule has 5 rings (SSSR count). The fourth-order valence-corrected chi connectivity index (χ4v) is 3.94. The number of fused-ring (bicyclic) bond motifs is 1. The summed E-state index contributed by atoms with van der Waals surface area (Å²) < 4.78 is 30.6. The van der Waals surface area contributed by atoms with Gasteiger partial charge in [-0.05, 0) is 30.3 Å². The molecule has 2 N–H and O–H groups in total. The lowest BCUT2D eigenvalue weighted by Crippen LogP contribution is -2.50. The molecule has 1 saturated heterocycles. The number of rotatable bonds is 5. The van der Waals surface area contributed by atoms with Crippen molar-refractivity contribution in [1.29, 1.82) is 0 Å². The monoisotopic (exact) mass is 468 g/mol. The SMILES string of the molecule is Cn1cc(-c2cc3c(N4CCN(C(=O)Nc5ccc(OC(F)F)cc5)CC4)ncnc3[nH]2)cn1. The van der Waals surface area contributed by atoms with Gasteiger partial charge in [-0.3, -0.25) is 4.68 Å². The fraction of sp³-hybridized carbons (Fsp3) is 0.273. The van der Waals surface area contributed by atoms with Gasteiger partial charge in [-0.25, -0.2) is 14.8 Å². The first-order valence-corrected chi connectivity index (χ1v) is 10.6. The first-order valence-electron chi connectivity index (χ1n) is 10.6. The van der Waals surface area contributed by atoms with Crippen LogP contribution >= 0.6 is 0 Å². The molecule has 1 aliphatic heterocycles. The number of halogens is 2. The second-order valence-corrected chi connectivity index (χ2v) is 7.85. The predicted octanol–water partition coefficient (Wildman–Crippen LogP) is 3.31. The Balaban J connectivity index is 1.23. The Bertz CT molecular complexity index is 1300. The minimum atomic E-state index is -2.89. The van der Waals surface area contributed by atoms with Crippen LogP contribution in [0.3, 0.4) is 0 Å². The van der Waals surface area contributed by atoms with Crippen molar-refractivity contribution in [1.82, 2.24) is 29.6 Å². The van der Waals surface area contributed by atoms with Crippen molar-refractivity contribution < 1.29 is 18.3 Å². The van der Waals surface area contributed by atoms with Crippen molar-refractivity contribution in [2.45, 2.75) is 6.61 Å². The number of H-pyrrole nitrogens is 1. The molecular weight excluding hydrogens is 446 g/mol. The van der Waals surface area contributed by atoms with E-state index < -0.39 is 6.61 Å². The van der Waals surface area contributed by atoms with E-state index in [2.05, 4.69) is 35.0 Å². The molecule has 1 aliphatic rings. The number of amides is 2. The molecule has 1 fully saturated rings. The lowest BCUT2D eigenvalue weighted by Gasteiger charge is -2.35. The summed E-state index contributed by atoms with van der Waals surface area (Å²) in [5.41, 5.74) is 3.11. The summed E-state index contributed by atoms with van der Waals surface area (Å²) in [5, 5.41) is 7.91. The van der Waals surface area contributed by atoms with Crippen LogP contribution in [0.25, 0.3) is 22.3 Å². The summed E-state index contributed by atoms with van der Waals surface area (Å²) in [6, 6.07) is 7.58. The maximum absolute atomic E-state index is 12.7. The Hall–Kier alpha value is -4.22. The van der Waals surface area contributed by atoms with E-state index in [1.54, 1.807) is 15.8 Å². The van der Waals surface area contributed by atoms with Crippen molar-refractivity contribution in [3.05, 3.63) is 49.1 Å². The molecule has 176 valence electrons. The number of anilines is 2. The molecule has 34 heavy (non-hydrogen) atoms. The molecule has 3 aromatic heterocycles. The van der Waals surface area contributed by atoms with Gasteiger partial charge in [-0.1, -0.05) is 0 Å². The number of hydrogen-bond donors (Lipinski definition) is 2. The third kappa shape index (κ3) is 4.47. The molecule has 12 heteroatoms. The van der Waals surface area contributed by atoms with Gasteiger partial charge < -0.3 is 24.8 Å². The van der Waals surface area contributed by atoms with E-state index >= 15 is 0 Å². The third-order valence-corrected chi connectivity index (χ3v) is 5.62. The fourth-order valence-electron chi connectivity index (χ4n) is 3.94. The van der Waals surface area contributed by atoms with Gasteiger partial charge in [0.1, 0.15) is 23.5 Å². The van der Waals surface area contributed by atoms with Crippen LogP contribution < -0.4 is 15.0 Å². The van der Waals surface area contributed by atoms with Gasteiger partial charge in [-0.2, -0.15) is 13.9 Å². The minimum Gasteiger partial charge on any atom is -0.435 e. The standard InChI is InChI=1S/C22H22F2N8O2/c1-30-12-14(11-27-30)18-10-17-19(29-18)25-13-26-20(17)31-6-8-32(9-7-31)22(33)28-15-2-4-16(5-3-15)34-21(23)24/h2-5,10-13,21H,6-9H2,1H3,(H,28,33)(H,25,26,29). The molecule has 4 aromatic rings. The number of aromatic amines is 1. The number of piperazine rings is 1. The summed E-state index contributed by atoms with van der Waals surface area (Å²) in [4.78, 5) is 28.7. The average Bonchev–Trinajstić information content (AvgIpc) is 3.46. The van der Waals surface area contributed by atoms with Gasteiger partial charge in [-0.15, -0.1) is 0 Å². The zero-order chi connectivity index (χ0) is 23.7. The van der Waals surface area contributed by atoms with Crippen molar-refractivity contribution in [3.8, 4) is 17.0 Å². The molecule has 1 aromatic carbocycles. The van der Waals surface area contributed by atoms with Crippen molar-refractivity contribution in [2.24, 2.45) is 7.05 Å². The summed E-state index contributed by atoms with van der Waals surface area (Å²) >= 11 is 0. The topological polar surface area (TPSA) is 104 Å². The lowest BCUT2D eigenvalue weighted by molar-refractivity contribution is -0.0498. The van der Waals surface area contributed by atoms with E-state index in [1.165, 1.54) is 30.6 Å². The third-order valence-electron chi connectivity index (χ3n) is 5.62. The molecular formula is C22H22F2N8O2. The molecule has 0 saturated carbocycles. The predicted molar refractivity (Wildman–Crippen MR) is 122 cm³/mol. The number of nitrogens with one attached hydrogen (secondary N) is 2. The molecule has 0 spiro atoms. The smallest absolute Gasteiger partial charge is 0.387 e. The van der Waals surface area contributed by atoms with Crippen LogP contribution in [0.5, 0.6) is 5.75 Å². The van der Waals surface area contributed by atoms with Crippen molar-refractivity contribution in [3.63, 3.8) is 0 Å². The van der Waals surface area contributed by atoms with Crippen LogP contribution in [0.4, 0.5) is 25.1 Å². The van der Waals surface area contributed by atoms with Crippen LogP contribution in [-0.2, 0) is 7.05 Å². The molecule has 0 radical (unpaired) electrons. The van der Waals surface area contributed by atoms with Gasteiger partial charge in [0.2, 0.25) is 0 Å². The highest BCUT2D eigenvalue weighted by Crippen LogP contribution is 2.29. The average molecular weight is 468 g/mol. The Morgan fingerprint density at radius 3 is 2.59 bits per heavy atom. The van der Waals surface area contributed by atoms with Gasteiger partial charge in [0.25, 0.3) is 0 Å². The number of aromatic nitrogens is 5. The number of alkyl halides is 2. The van der Waals surface area contributed by atoms with Crippen molar-refractivity contribution >= 4 is 28.6 Å². The van der Waals surface area contributed by atoms with E-state index in [0.29, 0.717) is 31.9 Å². The lowest BCUT2D eigenvalue weighted by atomic mass is 10.2. The number of benzene rings is 1. The molecule has 0 bridgehead atoms. The second-order valence-electron chi connectivity index (χ2n) is 7.85. The Morgan fingerprint density at radius 2 is 1.91 bits per heavy atom. The van der Waals surface area contributed by atoms with Crippen LogP contribution in [0.2, 0.25) is 0 Å². The molecule has 10 nitrogen and oxygen atoms in total. The molecule has 0 unspecified atom stereocenters. The van der Waals surface area contributed by atoms with Crippen LogP contribution in [0, 0.1) is 0 Å². The number of aryl methyl sites for hydroxylation is 1. The van der Waals surface area contributed by atoms with Crippen LogP contribution in [-0.4, -0.2) is 68.5 Å². The minimum absolute atomic E-state index is 0.0363. The van der Waals surface area contributed by atoms with Crippen LogP contribution in [0.15, 0.2) is 49.1 Å². The van der Waals surface area contributed by atoms with Crippen LogP contribution in [0.1, 0.15) is 0 Å². The van der Waals surface area contributed by atoms with Gasteiger partial charge in [0, 0.05) is 50.7 Å². The highest BCUT2D eigenvalue weighted by molar-refractivity contribution is 5.92. The summed E-state index contributed by atoms with van der Waals surface area (Å²) in [6.45, 7) is -0.670. The molecule has 0 atom stereocenters. The van der Waals surface area contributed by atoms with Gasteiger partial charge in [0.15, 0.2) is 0 Å². The summed E-state index contributed by atoms with van der Waals surface area (Å²) in [5.74, 6) is 0.847. The Labute approximate surface area is 193 Å². The number of ether oxygens (including phenoxy) is 1. The van der Waals surface area contributed by atoms with E-state index in [4.69, 9.17) is 0 Å². The first kappa shape index (κ1) is 21.6. The molecule has 2 amide bonds. The largest absolute Gasteiger partial charge is 0.435 e. The number of carbonyl (C=O) groups excluding carboxylic acids is 1. The summed E-state index contributed by atoms with van der Waals surface area (Å²) in [6.07, 6.45) is 5.24. The van der Waals surface area contributed by atoms with Gasteiger partial charge in [0.05, 0.1) is 17.3 Å². The normalized spacial score (nSPS) is 14.1. The number of carbonyl (C=O) groups is 1. The number of urea groups is 1. The van der Waals surface area contributed by atoms with E-state index in [9.17, 15) is 13.6 Å². The highest BCUT2D eigenvalue weighted by atomic mass is 19.3. The molecule has 4 heterocycles. The quantitative estimate of drug-likeness (QED) is 0.466. The number of hydrogen-bond acceptors (Lipinski definition) is 6. The van der Waals surface area contributed by atoms with E-state index in [-0.39, 0.29) is 11.8 Å². The van der Waals surface area contributed by atoms with Crippen molar-refractivity contribution in [2.75, 3.05) is 36.4 Å². The zero-order valence-electron chi connectivity index (χ0n) is 18.3.